The number of aliphatic hydroxyl groups is 3. The van der Waals surface area contributed by atoms with Crippen molar-refractivity contribution in [2.45, 2.75) is 185 Å². The van der Waals surface area contributed by atoms with Crippen LogP contribution in [0.25, 0.3) is 0 Å². The van der Waals surface area contributed by atoms with E-state index in [0.717, 1.165) is 56.9 Å². The number of aromatic hydroxyl groups is 1. The van der Waals surface area contributed by atoms with Crippen molar-refractivity contribution < 1.29 is 29.9 Å². The topological polar surface area (TPSA) is 99.4 Å². The van der Waals surface area contributed by atoms with Crippen molar-refractivity contribution in [3.63, 3.8) is 0 Å². The molecule has 1 saturated heterocycles. The molecular weight excluding hydrogens is 564 g/mol. The van der Waals surface area contributed by atoms with Gasteiger partial charge < -0.3 is 29.9 Å². The summed E-state index contributed by atoms with van der Waals surface area (Å²) in [5.41, 5.74) is 1.69. The number of ether oxygens (including phenoxy) is 2. The van der Waals surface area contributed by atoms with Crippen LogP contribution in [0, 0.1) is 0 Å². The Morgan fingerprint density at radius 3 is 1.84 bits per heavy atom. The highest BCUT2D eigenvalue weighted by molar-refractivity contribution is 6.20. The Labute approximate surface area is 267 Å². The molecule has 0 bridgehead atoms. The lowest BCUT2D eigenvalue weighted by molar-refractivity contribution is -0.242. The standard InChI is InChI=1S/C36H63ClO6/c1-3-5-7-9-10-11-12-13-14-15-17-21-28-25-31(38)30(24-20-16-19-23-29(37)22-18-8-6-4-2)33(26-28)43-36-35(41)34(40)32(39)27-42-36/h25-26,29,32,34-36,38-41H,3-24,27H2,1-2H3/t29?,32-,34+,35-,36+/m1/s1. The largest absolute Gasteiger partial charge is 0.508 e. The summed E-state index contributed by atoms with van der Waals surface area (Å²) in [6.07, 6.45) is 20.6. The molecule has 2 rings (SSSR count). The minimum atomic E-state index is -1.38. The summed E-state index contributed by atoms with van der Waals surface area (Å²) < 4.78 is 11.6. The summed E-state index contributed by atoms with van der Waals surface area (Å²) in [7, 11) is 0. The third-order valence-electron chi connectivity index (χ3n) is 8.83. The molecule has 7 heteroatoms. The van der Waals surface area contributed by atoms with Crippen molar-refractivity contribution in [1.82, 2.24) is 0 Å². The van der Waals surface area contributed by atoms with E-state index in [4.69, 9.17) is 21.1 Å². The summed E-state index contributed by atoms with van der Waals surface area (Å²) in [6.45, 7) is 4.35. The minimum Gasteiger partial charge on any atom is -0.508 e. The second-order valence-electron chi connectivity index (χ2n) is 12.8. The van der Waals surface area contributed by atoms with E-state index in [-0.39, 0.29) is 17.7 Å². The van der Waals surface area contributed by atoms with Crippen molar-refractivity contribution in [1.29, 1.82) is 0 Å². The maximum Gasteiger partial charge on any atom is 0.228 e. The molecule has 43 heavy (non-hydrogen) atoms. The Morgan fingerprint density at radius 1 is 0.721 bits per heavy atom. The third kappa shape index (κ3) is 15.7. The summed E-state index contributed by atoms with van der Waals surface area (Å²) >= 11 is 6.54. The van der Waals surface area contributed by atoms with Crippen LogP contribution >= 0.6 is 11.6 Å². The van der Waals surface area contributed by atoms with Crippen molar-refractivity contribution >= 4 is 11.6 Å². The van der Waals surface area contributed by atoms with Gasteiger partial charge in [-0.25, -0.2) is 0 Å². The number of benzene rings is 1. The first-order valence-corrected chi connectivity index (χ1v) is 18.1. The lowest BCUT2D eigenvalue weighted by Crippen LogP contribution is -2.54. The van der Waals surface area contributed by atoms with Crippen molar-refractivity contribution in [2.75, 3.05) is 6.61 Å². The van der Waals surface area contributed by atoms with E-state index in [1.54, 1.807) is 0 Å². The molecule has 6 nitrogen and oxygen atoms in total. The first-order chi connectivity index (χ1) is 20.9. The lowest BCUT2D eigenvalue weighted by Gasteiger charge is -2.35. The smallest absolute Gasteiger partial charge is 0.228 e. The van der Waals surface area contributed by atoms with Gasteiger partial charge in [0.05, 0.1) is 6.61 Å². The molecule has 0 aromatic heterocycles. The second kappa shape index (κ2) is 23.3. The number of alkyl halides is 1. The molecule has 5 atom stereocenters. The van der Waals surface area contributed by atoms with Gasteiger partial charge in [0.2, 0.25) is 6.29 Å². The number of phenols is 1. The van der Waals surface area contributed by atoms with Gasteiger partial charge in [-0.15, -0.1) is 11.6 Å². The molecule has 1 aromatic rings. The van der Waals surface area contributed by atoms with E-state index in [1.165, 1.54) is 83.5 Å². The zero-order chi connectivity index (χ0) is 31.3. The Balaban J connectivity index is 1.87. The van der Waals surface area contributed by atoms with Crippen molar-refractivity contribution in [3.05, 3.63) is 23.3 Å². The molecule has 0 amide bonds. The minimum absolute atomic E-state index is 0.124. The molecule has 0 saturated carbocycles. The van der Waals surface area contributed by atoms with Gasteiger partial charge in [-0.3, -0.25) is 0 Å². The average Bonchev–Trinajstić information content (AvgIpc) is 2.99. The molecule has 0 radical (unpaired) electrons. The molecule has 0 aliphatic carbocycles. The predicted molar refractivity (Wildman–Crippen MR) is 177 cm³/mol. The molecule has 1 fully saturated rings. The van der Waals surface area contributed by atoms with Gasteiger partial charge >= 0.3 is 0 Å². The van der Waals surface area contributed by atoms with Gasteiger partial charge in [-0.2, -0.15) is 0 Å². The summed E-state index contributed by atoms with van der Waals surface area (Å²) in [6, 6.07) is 3.80. The Hall–Kier alpha value is -1.05. The Bertz CT molecular complexity index is 836. The van der Waals surface area contributed by atoms with Gasteiger partial charge in [0.15, 0.2) is 0 Å². The van der Waals surface area contributed by atoms with Gasteiger partial charge in [-0.1, -0.05) is 117 Å². The van der Waals surface area contributed by atoms with E-state index >= 15 is 0 Å². The highest BCUT2D eigenvalue weighted by atomic mass is 35.5. The zero-order valence-electron chi connectivity index (χ0n) is 27.3. The SMILES string of the molecule is CCCCCCCCCCCCCc1cc(O)c(CCCCCC(Cl)CCCCCC)c(O[C@@H]2OC[C@@H](O)[C@H](O)[C@H]2O)c1. The molecule has 1 unspecified atom stereocenters. The van der Waals surface area contributed by atoms with Gasteiger partial charge in [0, 0.05) is 10.9 Å². The molecule has 1 aliphatic rings. The monoisotopic (exact) mass is 626 g/mol. The fraction of sp³-hybridized carbons (Fsp3) is 0.833. The number of rotatable bonds is 25. The van der Waals surface area contributed by atoms with Crippen LogP contribution in [0.15, 0.2) is 12.1 Å². The van der Waals surface area contributed by atoms with Crippen molar-refractivity contribution in [2.24, 2.45) is 0 Å². The number of hydrogen-bond donors (Lipinski definition) is 4. The predicted octanol–water partition coefficient (Wildman–Crippen LogP) is 8.74. The fourth-order valence-corrected chi connectivity index (χ4v) is 6.28. The van der Waals surface area contributed by atoms with Crippen LogP contribution in [0.4, 0.5) is 0 Å². The molecular formula is C36H63ClO6. The van der Waals surface area contributed by atoms with Crippen LogP contribution in [0.5, 0.6) is 11.5 Å². The van der Waals surface area contributed by atoms with E-state index in [1.807, 2.05) is 12.1 Å². The Morgan fingerprint density at radius 2 is 1.23 bits per heavy atom. The highest BCUT2D eigenvalue weighted by Crippen LogP contribution is 2.34. The molecule has 1 aliphatic heterocycles. The van der Waals surface area contributed by atoms with Crippen LogP contribution in [0.2, 0.25) is 0 Å². The number of unbranched alkanes of at least 4 members (excludes halogenated alkanes) is 15. The van der Waals surface area contributed by atoms with Crippen LogP contribution in [0.3, 0.4) is 0 Å². The molecule has 0 spiro atoms. The summed E-state index contributed by atoms with van der Waals surface area (Å²) in [4.78, 5) is 0. The average molecular weight is 627 g/mol. The van der Waals surface area contributed by atoms with Gasteiger partial charge in [0.1, 0.15) is 29.8 Å². The second-order valence-corrected chi connectivity index (χ2v) is 13.4. The van der Waals surface area contributed by atoms with Gasteiger partial charge in [0.25, 0.3) is 0 Å². The fourth-order valence-electron chi connectivity index (χ4n) is 5.97. The normalized spacial score (nSPS) is 21.3. The maximum atomic E-state index is 11.0. The third-order valence-corrected chi connectivity index (χ3v) is 9.26. The lowest BCUT2D eigenvalue weighted by atomic mass is 9.98. The van der Waals surface area contributed by atoms with E-state index in [0.29, 0.717) is 17.7 Å². The first-order valence-electron chi connectivity index (χ1n) is 17.7. The molecule has 1 aromatic carbocycles. The Kier molecular flexibility index (Phi) is 20.7. The van der Waals surface area contributed by atoms with E-state index in [9.17, 15) is 20.4 Å². The molecule has 1 heterocycles. The van der Waals surface area contributed by atoms with Gasteiger partial charge in [-0.05, 0) is 56.2 Å². The first kappa shape index (κ1) is 38.1. The summed E-state index contributed by atoms with van der Waals surface area (Å²) in [5, 5.41) is 41.7. The number of hydrogen-bond acceptors (Lipinski definition) is 6. The van der Waals surface area contributed by atoms with E-state index < -0.39 is 24.6 Å². The molecule has 4 N–H and O–H groups in total. The van der Waals surface area contributed by atoms with Crippen LogP contribution in [-0.2, 0) is 17.6 Å². The van der Waals surface area contributed by atoms with Crippen LogP contribution < -0.4 is 4.74 Å². The highest BCUT2D eigenvalue weighted by Gasteiger charge is 2.39. The van der Waals surface area contributed by atoms with Crippen LogP contribution in [0.1, 0.15) is 153 Å². The molecule has 250 valence electrons. The van der Waals surface area contributed by atoms with E-state index in [2.05, 4.69) is 13.8 Å². The summed E-state index contributed by atoms with van der Waals surface area (Å²) in [5.74, 6) is 0.685. The number of halogens is 1. The number of aliphatic hydroxyl groups excluding tert-OH is 3. The number of phenolic OH excluding ortho intramolecular Hbond substituents is 1. The van der Waals surface area contributed by atoms with Crippen LogP contribution in [-0.4, -0.2) is 57.0 Å². The number of aryl methyl sites for hydroxylation is 1. The maximum absolute atomic E-state index is 11.0. The zero-order valence-corrected chi connectivity index (χ0v) is 28.0. The quantitative estimate of drug-likeness (QED) is 0.0640. The van der Waals surface area contributed by atoms with Crippen molar-refractivity contribution in [3.8, 4) is 11.5 Å².